The van der Waals surface area contributed by atoms with E-state index in [-0.39, 0.29) is 11.3 Å². The van der Waals surface area contributed by atoms with Crippen LogP contribution in [0.5, 0.6) is 5.75 Å². The quantitative estimate of drug-likeness (QED) is 0.799. The highest BCUT2D eigenvalue weighted by molar-refractivity contribution is 5.94. The molecule has 0 saturated carbocycles. The van der Waals surface area contributed by atoms with Crippen molar-refractivity contribution in [1.82, 2.24) is 14.8 Å². The first kappa shape index (κ1) is 18.9. The van der Waals surface area contributed by atoms with Crippen LogP contribution < -0.4 is 4.74 Å². The van der Waals surface area contributed by atoms with Crippen molar-refractivity contribution in [2.24, 2.45) is 5.41 Å². The smallest absolute Gasteiger partial charge is 0.255 e. The number of pyridine rings is 1. The molecule has 2 fully saturated rings. The van der Waals surface area contributed by atoms with E-state index in [1.807, 2.05) is 54.3 Å². The number of hydrogen-bond acceptors (Lipinski definition) is 4. The van der Waals surface area contributed by atoms with Crippen molar-refractivity contribution < 1.29 is 9.53 Å². The molecule has 4 rings (SSSR count). The van der Waals surface area contributed by atoms with Crippen molar-refractivity contribution in [2.75, 3.05) is 39.3 Å². The summed E-state index contributed by atoms with van der Waals surface area (Å²) in [5, 5.41) is 0. The van der Waals surface area contributed by atoms with Crippen LogP contribution in [0.3, 0.4) is 0 Å². The van der Waals surface area contributed by atoms with Gasteiger partial charge in [0.1, 0.15) is 12.4 Å². The maximum atomic E-state index is 12.8. The Morgan fingerprint density at radius 1 is 1.11 bits per heavy atom. The molecule has 2 aliphatic rings. The SMILES string of the molecule is Cc1ccc(C(=O)N2CCC3(CCCN(CCOc4ccccc4)C3)C2)cn1. The van der Waals surface area contributed by atoms with Crippen molar-refractivity contribution in [3.63, 3.8) is 0 Å². The van der Waals surface area contributed by atoms with Gasteiger partial charge in [-0.1, -0.05) is 18.2 Å². The van der Waals surface area contributed by atoms with Crippen LogP contribution in [0.2, 0.25) is 0 Å². The molecule has 28 heavy (non-hydrogen) atoms. The summed E-state index contributed by atoms with van der Waals surface area (Å²) in [5.74, 6) is 1.05. The summed E-state index contributed by atoms with van der Waals surface area (Å²) < 4.78 is 5.87. The maximum Gasteiger partial charge on any atom is 0.255 e. The molecule has 1 unspecified atom stereocenters. The Labute approximate surface area is 167 Å². The van der Waals surface area contributed by atoms with Crippen molar-refractivity contribution >= 4 is 5.91 Å². The minimum Gasteiger partial charge on any atom is -0.492 e. The number of ether oxygens (including phenoxy) is 1. The highest BCUT2D eigenvalue weighted by Crippen LogP contribution is 2.39. The first-order valence-electron chi connectivity index (χ1n) is 10.3. The van der Waals surface area contributed by atoms with Crippen LogP contribution in [0.15, 0.2) is 48.7 Å². The van der Waals surface area contributed by atoms with E-state index in [1.54, 1.807) is 6.20 Å². The van der Waals surface area contributed by atoms with Crippen LogP contribution in [0.25, 0.3) is 0 Å². The Morgan fingerprint density at radius 2 is 1.96 bits per heavy atom. The predicted octanol–water partition coefficient (Wildman–Crippen LogP) is 3.40. The third kappa shape index (κ3) is 4.36. The lowest BCUT2D eigenvalue weighted by atomic mass is 9.79. The lowest BCUT2D eigenvalue weighted by Gasteiger charge is -2.40. The fourth-order valence-electron chi connectivity index (χ4n) is 4.53. The lowest BCUT2D eigenvalue weighted by Crippen LogP contribution is -2.46. The Hall–Kier alpha value is -2.40. The molecule has 0 radical (unpaired) electrons. The van der Waals surface area contributed by atoms with Gasteiger partial charge in [0.2, 0.25) is 0 Å². The number of hydrogen-bond donors (Lipinski definition) is 0. The fourth-order valence-corrected chi connectivity index (χ4v) is 4.53. The van der Waals surface area contributed by atoms with Crippen molar-refractivity contribution in [3.8, 4) is 5.75 Å². The second-order valence-corrected chi connectivity index (χ2v) is 8.21. The zero-order chi connectivity index (χ0) is 19.4. The van der Waals surface area contributed by atoms with Gasteiger partial charge >= 0.3 is 0 Å². The highest BCUT2D eigenvalue weighted by Gasteiger charge is 2.42. The summed E-state index contributed by atoms with van der Waals surface area (Å²) >= 11 is 0. The molecular weight excluding hydrogens is 350 g/mol. The molecule has 3 heterocycles. The molecule has 0 N–H and O–H groups in total. The topological polar surface area (TPSA) is 45.7 Å². The van der Waals surface area contributed by atoms with E-state index >= 15 is 0 Å². The molecule has 1 aromatic heterocycles. The summed E-state index contributed by atoms with van der Waals surface area (Å²) in [4.78, 5) is 21.7. The van der Waals surface area contributed by atoms with E-state index < -0.39 is 0 Å². The molecule has 0 aliphatic carbocycles. The number of nitrogens with zero attached hydrogens (tertiary/aromatic N) is 3. The van der Waals surface area contributed by atoms with Gasteiger partial charge in [-0.15, -0.1) is 0 Å². The Kier molecular flexibility index (Phi) is 5.62. The minimum absolute atomic E-state index is 0.119. The molecule has 2 aliphatic heterocycles. The average molecular weight is 380 g/mol. The number of amides is 1. The monoisotopic (exact) mass is 379 g/mol. The third-order valence-electron chi connectivity index (χ3n) is 6.04. The van der Waals surface area contributed by atoms with E-state index in [0.29, 0.717) is 12.2 Å². The molecular formula is C23H29N3O2. The lowest BCUT2D eigenvalue weighted by molar-refractivity contribution is 0.0658. The zero-order valence-electron chi connectivity index (χ0n) is 16.6. The summed E-state index contributed by atoms with van der Waals surface area (Å²) in [7, 11) is 0. The molecule has 1 aromatic carbocycles. The van der Waals surface area contributed by atoms with Gasteiger partial charge in [0.25, 0.3) is 5.91 Å². The number of rotatable bonds is 5. The van der Waals surface area contributed by atoms with Gasteiger partial charge in [0, 0.05) is 43.5 Å². The van der Waals surface area contributed by atoms with Crippen LogP contribution in [0, 0.1) is 12.3 Å². The van der Waals surface area contributed by atoms with Gasteiger partial charge in [-0.05, 0) is 57.0 Å². The fraction of sp³-hybridized carbons (Fsp3) is 0.478. The van der Waals surface area contributed by atoms with Crippen molar-refractivity contribution in [1.29, 1.82) is 0 Å². The number of carbonyl (C=O) groups is 1. The largest absolute Gasteiger partial charge is 0.492 e. The van der Waals surface area contributed by atoms with E-state index in [1.165, 1.54) is 12.8 Å². The van der Waals surface area contributed by atoms with E-state index in [9.17, 15) is 4.79 Å². The summed E-state index contributed by atoms with van der Waals surface area (Å²) in [6, 6.07) is 13.8. The number of carbonyl (C=O) groups excluding carboxylic acids is 1. The molecule has 1 spiro atoms. The number of likely N-dealkylation sites (tertiary alicyclic amines) is 2. The second-order valence-electron chi connectivity index (χ2n) is 8.21. The number of benzene rings is 1. The molecule has 1 amide bonds. The molecule has 2 saturated heterocycles. The van der Waals surface area contributed by atoms with Crippen LogP contribution >= 0.6 is 0 Å². The Bertz CT molecular complexity index is 793. The van der Waals surface area contributed by atoms with E-state index in [0.717, 1.165) is 50.6 Å². The molecule has 2 aromatic rings. The van der Waals surface area contributed by atoms with Gasteiger partial charge in [-0.2, -0.15) is 0 Å². The average Bonchev–Trinajstić information content (AvgIpc) is 3.12. The maximum absolute atomic E-state index is 12.8. The van der Waals surface area contributed by atoms with Crippen LogP contribution in [0.1, 0.15) is 35.3 Å². The normalized spacial score (nSPS) is 22.5. The number of piperidine rings is 1. The molecule has 1 atom stereocenters. The second kappa shape index (κ2) is 8.31. The Balaban J connectivity index is 1.31. The van der Waals surface area contributed by atoms with Crippen LogP contribution in [-0.4, -0.2) is 60.0 Å². The number of aryl methyl sites for hydroxylation is 1. The van der Waals surface area contributed by atoms with Gasteiger partial charge in [0.05, 0.1) is 5.56 Å². The Morgan fingerprint density at radius 3 is 2.75 bits per heavy atom. The predicted molar refractivity (Wildman–Crippen MR) is 110 cm³/mol. The van der Waals surface area contributed by atoms with Crippen molar-refractivity contribution in [3.05, 3.63) is 59.9 Å². The standard InChI is InChI=1S/C23H29N3O2/c1-19-8-9-20(16-24-19)22(27)26-13-11-23(18-26)10-5-12-25(17-23)14-15-28-21-6-3-2-4-7-21/h2-4,6-9,16H,5,10-15,17-18H2,1H3. The highest BCUT2D eigenvalue weighted by atomic mass is 16.5. The van der Waals surface area contributed by atoms with Crippen LogP contribution in [-0.2, 0) is 0 Å². The first-order chi connectivity index (χ1) is 13.6. The third-order valence-corrected chi connectivity index (χ3v) is 6.04. The molecule has 0 bridgehead atoms. The molecule has 5 heteroatoms. The number of para-hydroxylation sites is 1. The van der Waals surface area contributed by atoms with E-state index in [2.05, 4.69) is 9.88 Å². The van der Waals surface area contributed by atoms with Crippen LogP contribution in [0.4, 0.5) is 0 Å². The van der Waals surface area contributed by atoms with E-state index in [4.69, 9.17) is 4.74 Å². The number of aromatic nitrogens is 1. The van der Waals surface area contributed by atoms with Gasteiger partial charge in [-0.25, -0.2) is 0 Å². The van der Waals surface area contributed by atoms with Gasteiger partial charge in [0.15, 0.2) is 0 Å². The summed E-state index contributed by atoms with van der Waals surface area (Å²) in [6.07, 6.45) is 5.20. The minimum atomic E-state index is 0.119. The van der Waals surface area contributed by atoms with Gasteiger partial charge in [-0.3, -0.25) is 14.7 Å². The molecule has 148 valence electrons. The molecule has 5 nitrogen and oxygen atoms in total. The summed E-state index contributed by atoms with van der Waals surface area (Å²) in [6.45, 7) is 7.47. The van der Waals surface area contributed by atoms with Crippen molar-refractivity contribution in [2.45, 2.75) is 26.2 Å². The van der Waals surface area contributed by atoms with Gasteiger partial charge < -0.3 is 9.64 Å². The summed E-state index contributed by atoms with van der Waals surface area (Å²) in [5.41, 5.74) is 1.88. The zero-order valence-corrected chi connectivity index (χ0v) is 16.6. The first-order valence-corrected chi connectivity index (χ1v) is 10.3.